The number of nitrogens with zero attached hydrogens (tertiary/aromatic N) is 1. The Balaban J connectivity index is 1.46. The fourth-order valence-corrected chi connectivity index (χ4v) is 3.47. The van der Waals surface area contributed by atoms with Crippen LogP contribution in [-0.4, -0.2) is 11.7 Å². The monoisotopic (exact) mass is 351 g/mol. The van der Waals surface area contributed by atoms with Crippen molar-refractivity contribution in [2.75, 3.05) is 0 Å². The van der Waals surface area contributed by atoms with Gasteiger partial charge in [-0.1, -0.05) is 47.2 Å². The van der Waals surface area contributed by atoms with Crippen LogP contribution in [0, 0.1) is 11.8 Å². The van der Waals surface area contributed by atoms with Crippen molar-refractivity contribution >= 4 is 23.4 Å². The lowest BCUT2D eigenvalue weighted by Crippen LogP contribution is -2.08. The number of benzene rings is 2. The molecule has 0 heterocycles. The Morgan fingerprint density at radius 2 is 1.64 bits per heavy atom. The van der Waals surface area contributed by atoms with Crippen LogP contribution in [0.5, 0.6) is 0 Å². The normalized spacial score (nSPS) is 17.4. The minimum absolute atomic E-state index is 0.0792. The van der Waals surface area contributed by atoms with Crippen molar-refractivity contribution < 1.29 is 9.63 Å². The molecular weight excluding hydrogens is 330 g/mol. The molecule has 2 fully saturated rings. The molecule has 0 radical (unpaired) electrons. The lowest BCUT2D eigenvalue weighted by molar-refractivity contribution is -0.145. The summed E-state index contributed by atoms with van der Waals surface area (Å²) in [5, 5.41) is 4.21. The number of hydrogen-bond acceptors (Lipinski definition) is 4. The third-order valence-electron chi connectivity index (χ3n) is 4.50. The van der Waals surface area contributed by atoms with Gasteiger partial charge in [-0.05, 0) is 67.9 Å². The molecule has 0 aromatic heterocycles. The van der Waals surface area contributed by atoms with Gasteiger partial charge in [0, 0.05) is 9.79 Å². The Morgan fingerprint density at radius 1 is 0.960 bits per heavy atom. The Hall–Kier alpha value is -2.07. The van der Waals surface area contributed by atoms with Crippen molar-refractivity contribution in [2.45, 2.75) is 41.9 Å². The summed E-state index contributed by atoms with van der Waals surface area (Å²) in [6, 6.07) is 18.7. The van der Waals surface area contributed by atoms with E-state index >= 15 is 0 Å². The predicted octanol–water partition coefficient (Wildman–Crippen LogP) is 5.30. The fraction of sp³-hybridized carbons (Fsp3) is 0.333. The van der Waals surface area contributed by atoms with Gasteiger partial charge in [-0.15, -0.1) is 0 Å². The van der Waals surface area contributed by atoms with Gasteiger partial charge in [-0.25, -0.2) is 4.79 Å². The molecular formula is C21H21NO2S. The van der Waals surface area contributed by atoms with Crippen molar-refractivity contribution in [1.29, 1.82) is 0 Å². The van der Waals surface area contributed by atoms with Crippen LogP contribution in [0.3, 0.4) is 0 Å². The molecule has 0 amide bonds. The summed E-state index contributed by atoms with van der Waals surface area (Å²) in [7, 11) is 0. The molecule has 4 rings (SSSR count). The number of carbonyl (C=O) groups is 1. The second-order valence-electron chi connectivity index (χ2n) is 6.81. The van der Waals surface area contributed by atoms with Crippen LogP contribution in [0.25, 0.3) is 0 Å². The van der Waals surface area contributed by atoms with Crippen molar-refractivity contribution in [3.05, 3.63) is 60.2 Å². The molecule has 0 bridgehead atoms. The quantitative estimate of drug-likeness (QED) is 0.386. The topological polar surface area (TPSA) is 38.7 Å². The molecule has 0 aliphatic heterocycles. The lowest BCUT2D eigenvalue weighted by Gasteiger charge is -2.07. The van der Waals surface area contributed by atoms with E-state index in [1.165, 1.54) is 22.6 Å². The van der Waals surface area contributed by atoms with Gasteiger partial charge in [0.05, 0.1) is 11.6 Å². The summed E-state index contributed by atoms with van der Waals surface area (Å²) in [5.41, 5.74) is 1.95. The highest BCUT2D eigenvalue weighted by Gasteiger charge is 2.32. The SMILES string of the molecule is O=C(O/N=C(\CC1CC1)c1ccc(Sc2ccccc2)cc1)C1CC1. The predicted molar refractivity (Wildman–Crippen MR) is 99.7 cm³/mol. The first-order chi connectivity index (χ1) is 12.3. The van der Waals surface area contributed by atoms with Crippen LogP contribution in [0.1, 0.15) is 37.7 Å². The third-order valence-corrected chi connectivity index (χ3v) is 5.52. The van der Waals surface area contributed by atoms with E-state index in [2.05, 4.69) is 41.6 Å². The lowest BCUT2D eigenvalue weighted by atomic mass is 10.1. The molecule has 0 unspecified atom stereocenters. The molecule has 0 N–H and O–H groups in total. The van der Waals surface area contributed by atoms with E-state index in [0.29, 0.717) is 5.92 Å². The Labute approximate surface area is 152 Å². The van der Waals surface area contributed by atoms with Crippen LogP contribution in [-0.2, 0) is 9.63 Å². The molecule has 25 heavy (non-hydrogen) atoms. The van der Waals surface area contributed by atoms with Gasteiger partial charge in [0.25, 0.3) is 0 Å². The number of rotatable bonds is 7. The zero-order valence-electron chi connectivity index (χ0n) is 14.1. The first-order valence-corrected chi connectivity index (χ1v) is 9.70. The maximum atomic E-state index is 11.8. The van der Waals surface area contributed by atoms with Crippen LogP contribution in [0.4, 0.5) is 0 Å². The maximum Gasteiger partial charge on any atom is 0.338 e. The van der Waals surface area contributed by atoms with E-state index in [4.69, 9.17) is 4.84 Å². The van der Waals surface area contributed by atoms with Crippen molar-refractivity contribution in [3.8, 4) is 0 Å². The number of hydrogen-bond donors (Lipinski definition) is 0. The van der Waals surface area contributed by atoms with Gasteiger partial charge in [0.2, 0.25) is 0 Å². The Bertz CT molecular complexity index is 762. The van der Waals surface area contributed by atoms with Crippen molar-refractivity contribution in [2.24, 2.45) is 17.0 Å². The van der Waals surface area contributed by atoms with E-state index in [-0.39, 0.29) is 11.9 Å². The smallest absolute Gasteiger partial charge is 0.318 e. The molecule has 2 aromatic carbocycles. The van der Waals surface area contributed by atoms with Gasteiger partial charge >= 0.3 is 5.97 Å². The molecule has 2 aromatic rings. The summed E-state index contributed by atoms with van der Waals surface area (Å²) in [5.74, 6) is 0.594. The maximum absolute atomic E-state index is 11.8. The molecule has 3 nitrogen and oxygen atoms in total. The van der Waals surface area contributed by atoms with E-state index in [1.807, 2.05) is 18.2 Å². The average Bonchev–Trinajstić information content (AvgIpc) is 3.54. The summed E-state index contributed by atoms with van der Waals surface area (Å²) >= 11 is 1.74. The summed E-state index contributed by atoms with van der Waals surface area (Å²) < 4.78 is 0. The van der Waals surface area contributed by atoms with E-state index < -0.39 is 0 Å². The van der Waals surface area contributed by atoms with Crippen LogP contribution >= 0.6 is 11.8 Å². The largest absolute Gasteiger partial charge is 0.338 e. The minimum atomic E-state index is -0.176. The van der Waals surface area contributed by atoms with E-state index in [1.54, 1.807) is 11.8 Å². The van der Waals surface area contributed by atoms with Gasteiger partial charge in [0.15, 0.2) is 0 Å². The van der Waals surface area contributed by atoms with Gasteiger partial charge in [-0.2, -0.15) is 0 Å². The first kappa shape index (κ1) is 16.4. The van der Waals surface area contributed by atoms with Gasteiger partial charge in [-0.3, -0.25) is 0 Å². The standard InChI is InChI=1S/C21H21NO2S/c23-21(17-8-9-17)24-22-20(14-15-6-7-15)16-10-12-19(13-11-16)25-18-4-2-1-3-5-18/h1-5,10-13,15,17H,6-9,14H2/b22-20+. The number of carbonyl (C=O) groups excluding carboxylic acids is 1. The second kappa shape index (κ2) is 7.44. The van der Waals surface area contributed by atoms with Gasteiger partial charge < -0.3 is 4.84 Å². The second-order valence-corrected chi connectivity index (χ2v) is 7.96. The van der Waals surface area contributed by atoms with Crippen LogP contribution < -0.4 is 0 Å². The molecule has 128 valence electrons. The van der Waals surface area contributed by atoms with Crippen molar-refractivity contribution in [3.63, 3.8) is 0 Å². The Morgan fingerprint density at radius 3 is 2.28 bits per heavy atom. The molecule has 2 aliphatic carbocycles. The first-order valence-electron chi connectivity index (χ1n) is 8.89. The fourth-order valence-electron chi connectivity index (χ4n) is 2.64. The summed E-state index contributed by atoms with van der Waals surface area (Å²) in [6.45, 7) is 0. The highest BCUT2D eigenvalue weighted by atomic mass is 32.2. The molecule has 2 aliphatic rings. The highest BCUT2D eigenvalue weighted by Crippen LogP contribution is 2.35. The summed E-state index contributed by atoms with van der Waals surface area (Å²) in [4.78, 5) is 19.4. The average molecular weight is 351 g/mol. The Kier molecular flexibility index (Phi) is 4.88. The van der Waals surface area contributed by atoms with Gasteiger partial charge in [0.1, 0.15) is 0 Å². The van der Waals surface area contributed by atoms with E-state index in [9.17, 15) is 4.79 Å². The molecule has 0 atom stereocenters. The molecule has 0 saturated heterocycles. The third kappa shape index (κ3) is 4.73. The minimum Gasteiger partial charge on any atom is -0.318 e. The summed E-state index contributed by atoms with van der Waals surface area (Å²) in [6.07, 6.45) is 5.27. The van der Waals surface area contributed by atoms with Crippen molar-refractivity contribution in [1.82, 2.24) is 0 Å². The zero-order valence-corrected chi connectivity index (χ0v) is 14.9. The van der Waals surface area contributed by atoms with Crippen LogP contribution in [0.15, 0.2) is 69.5 Å². The zero-order chi connectivity index (χ0) is 17.1. The van der Waals surface area contributed by atoms with Crippen LogP contribution in [0.2, 0.25) is 0 Å². The number of oxime groups is 1. The molecule has 2 saturated carbocycles. The molecule has 0 spiro atoms. The van der Waals surface area contributed by atoms with E-state index in [0.717, 1.165) is 30.5 Å². The highest BCUT2D eigenvalue weighted by molar-refractivity contribution is 7.99. The molecule has 4 heteroatoms.